The van der Waals surface area contributed by atoms with Gasteiger partial charge in [0.2, 0.25) is 5.91 Å². The zero-order chi connectivity index (χ0) is 21.0. The molecule has 0 bridgehead atoms. The Balaban J connectivity index is 1.42. The molecule has 7 nitrogen and oxygen atoms in total. The molecule has 0 radical (unpaired) electrons. The Hall–Kier alpha value is -2.93. The van der Waals surface area contributed by atoms with Crippen molar-refractivity contribution in [3.63, 3.8) is 0 Å². The predicted octanol–water partition coefficient (Wildman–Crippen LogP) is 3.48. The third-order valence-corrected chi connectivity index (χ3v) is 6.21. The third-order valence-electron chi connectivity index (χ3n) is 6.21. The van der Waals surface area contributed by atoms with Crippen molar-refractivity contribution in [3.8, 4) is 11.5 Å². The fourth-order valence-electron chi connectivity index (χ4n) is 4.48. The van der Waals surface area contributed by atoms with Crippen molar-refractivity contribution in [2.24, 2.45) is 5.92 Å². The summed E-state index contributed by atoms with van der Waals surface area (Å²) < 4.78 is 5.96. The number of aromatic nitrogens is 1. The van der Waals surface area contributed by atoms with Crippen LogP contribution in [-0.2, 0) is 4.79 Å². The van der Waals surface area contributed by atoms with Crippen molar-refractivity contribution in [2.75, 3.05) is 18.9 Å². The zero-order valence-corrected chi connectivity index (χ0v) is 17.2. The molecule has 2 fully saturated rings. The summed E-state index contributed by atoms with van der Waals surface area (Å²) in [5, 5.41) is 9.24. The smallest absolute Gasteiger partial charge is 0.269 e. The summed E-state index contributed by atoms with van der Waals surface area (Å²) in [6.45, 7) is 1.10. The van der Waals surface area contributed by atoms with E-state index in [4.69, 9.17) is 4.74 Å². The van der Waals surface area contributed by atoms with Gasteiger partial charge in [0.05, 0.1) is 5.69 Å². The molecule has 1 aromatic carbocycles. The molecule has 0 atom stereocenters. The number of rotatable bonds is 5. The van der Waals surface area contributed by atoms with Crippen molar-refractivity contribution in [1.82, 2.24) is 15.6 Å². The molecule has 7 heteroatoms. The number of hydrogen-bond donors (Lipinski definition) is 3. The molecule has 1 aliphatic carbocycles. The first-order chi connectivity index (χ1) is 14.6. The van der Waals surface area contributed by atoms with Crippen molar-refractivity contribution >= 4 is 17.5 Å². The lowest BCUT2D eigenvalue weighted by Crippen LogP contribution is -2.44. The molecule has 1 saturated heterocycles. The molecule has 0 unspecified atom stereocenters. The van der Waals surface area contributed by atoms with E-state index in [1.54, 1.807) is 25.2 Å². The first-order valence-electron chi connectivity index (χ1n) is 10.6. The maximum atomic E-state index is 12.9. The number of nitrogens with one attached hydrogen (secondary N) is 3. The third kappa shape index (κ3) is 4.46. The van der Waals surface area contributed by atoms with Gasteiger partial charge in [0.15, 0.2) is 5.75 Å². The number of anilines is 1. The quantitative estimate of drug-likeness (QED) is 0.704. The van der Waals surface area contributed by atoms with Gasteiger partial charge in [-0.15, -0.1) is 0 Å². The van der Waals surface area contributed by atoms with E-state index >= 15 is 0 Å². The maximum absolute atomic E-state index is 12.9. The minimum Gasteiger partial charge on any atom is -0.455 e. The van der Waals surface area contributed by atoms with E-state index in [1.165, 1.54) is 19.0 Å². The average Bonchev–Trinajstić information content (AvgIpc) is 3.23. The standard InChI is InChI=1S/C23H28N4O3/c1-24-22(29)19-15-17(9-14-25-19)30-20-6-3-2-5-18(20)27-21(28)16-7-11-23(12-8-16)10-4-13-26-23/h2-3,5-6,9,14-16,26H,4,7-8,10-13H2,1H3,(H,24,29)(H,27,28). The highest BCUT2D eigenvalue weighted by molar-refractivity contribution is 5.94. The molecule has 1 aliphatic heterocycles. The van der Waals surface area contributed by atoms with Crippen molar-refractivity contribution in [1.29, 1.82) is 0 Å². The molecule has 30 heavy (non-hydrogen) atoms. The molecule has 1 saturated carbocycles. The molecule has 1 spiro atoms. The minimum atomic E-state index is -0.283. The minimum absolute atomic E-state index is 0.0202. The van der Waals surface area contributed by atoms with Crippen molar-refractivity contribution < 1.29 is 14.3 Å². The fourth-order valence-corrected chi connectivity index (χ4v) is 4.48. The van der Waals surface area contributed by atoms with Crippen LogP contribution in [0.5, 0.6) is 11.5 Å². The van der Waals surface area contributed by atoms with Crippen LogP contribution in [0.2, 0.25) is 0 Å². The number of ether oxygens (including phenoxy) is 1. The fraction of sp³-hybridized carbons (Fsp3) is 0.435. The van der Waals surface area contributed by atoms with Crippen LogP contribution < -0.4 is 20.7 Å². The number of para-hydroxylation sites is 2. The monoisotopic (exact) mass is 408 g/mol. The van der Waals surface area contributed by atoms with Crippen molar-refractivity contribution in [2.45, 2.75) is 44.1 Å². The molecular weight excluding hydrogens is 380 g/mol. The summed E-state index contributed by atoms with van der Waals surface area (Å²) in [4.78, 5) is 28.8. The summed E-state index contributed by atoms with van der Waals surface area (Å²) in [6.07, 6.45) is 7.91. The molecular formula is C23H28N4O3. The molecule has 2 heterocycles. The van der Waals surface area contributed by atoms with E-state index in [0.717, 1.165) is 32.2 Å². The van der Waals surface area contributed by atoms with E-state index in [-0.39, 0.29) is 29.0 Å². The summed E-state index contributed by atoms with van der Waals surface area (Å²) in [6, 6.07) is 10.6. The van der Waals surface area contributed by atoms with E-state index < -0.39 is 0 Å². The second-order valence-corrected chi connectivity index (χ2v) is 8.13. The predicted molar refractivity (Wildman–Crippen MR) is 115 cm³/mol. The van der Waals surface area contributed by atoms with Gasteiger partial charge in [-0.05, 0) is 63.3 Å². The molecule has 2 aromatic rings. The van der Waals surface area contributed by atoms with Gasteiger partial charge in [-0.3, -0.25) is 14.6 Å². The maximum Gasteiger partial charge on any atom is 0.269 e. The van der Waals surface area contributed by atoms with Gasteiger partial charge in [-0.2, -0.15) is 0 Å². The van der Waals surface area contributed by atoms with Gasteiger partial charge < -0.3 is 20.7 Å². The van der Waals surface area contributed by atoms with Crippen LogP contribution in [0.15, 0.2) is 42.6 Å². The second-order valence-electron chi connectivity index (χ2n) is 8.13. The van der Waals surface area contributed by atoms with Gasteiger partial charge in [0.25, 0.3) is 5.91 Å². The number of carbonyl (C=O) groups is 2. The van der Waals surface area contributed by atoms with E-state index in [9.17, 15) is 9.59 Å². The molecule has 158 valence electrons. The molecule has 2 aliphatic rings. The molecule has 1 aromatic heterocycles. The SMILES string of the molecule is CNC(=O)c1cc(Oc2ccccc2NC(=O)C2CCC3(CCCN3)CC2)ccn1. The highest BCUT2D eigenvalue weighted by atomic mass is 16.5. The first-order valence-corrected chi connectivity index (χ1v) is 10.6. The highest BCUT2D eigenvalue weighted by Gasteiger charge is 2.39. The molecule has 2 amide bonds. The van der Waals surface area contributed by atoms with Crippen LogP contribution >= 0.6 is 0 Å². The number of nitrogens with zero attached hydrogens (tertiary/aromatic N) is 1. The number of pyridine rings is 1. The number of hydrogen-bond acceptors (Lipinski definition) is 5. The van der Waals surface area contributed by atoms with E-state index in [0.29, 0.717) is 17.2 Å². The van der Waals surface area contributed by atoms with Crippen LogP contribution in [0.3, 0.4) is 0 Å². The summed E-state index contributed by atoms with van der Waals surface area (Å²) >= 11 is 0. The largest absolute Gasteiger partial charge is 0.455 e. The zero-order valence-electron chi connectivity index (χ0n) is 17.2. The Labute approximate surface area is 176 Å². The Morgan fingerprint density at radius 3 is 2.70 bits per heavy atom. The Kier molecular flexibility index (Phi) is 5.99. The van der Waals surface area contributed by atoms with Gasteiger partial charge in [0, 0.05) is 30.8 Å². The van der Waals surface area contributed by atoms with Gasteiger partial charge in [0.1, 0.15) is 11.4 Å². The summed E-state index contributed by atoms with van der Waals surface area (Å²) in [5.74, 6) is 0.794. The lowest BCUT2D eigenvalue weighted by Gasteiger charge is -2.37. The van der Waals surface area contributed by atoms with E-state index in [2.05, 4.69) is 20.9 Å². The summed E-state index contributed by atoms with van der Waals surface area (Å²) in [5.41, 5.74) is 1.16. The molecule has 4 rings (SSSR count). The van der Waals surface area contributed by atoms with E-state index in [1.807, 2.05) is 18.2 Å². The van der Waals surface area contributed by atoms with Gasteiger partial charge >= 0.3 is 0 Å². The Bertz CT molecular complexity index is 914. The molecule has 3 N–H and O–H groups in total. The number of benzene rings is 1. The van der Waals surface area contributed by atoms with Crippen LogP contribution in [-0.4, -0.2) is 35.9 Å². The number of carbonyl (C=O) groups excluding carboxylic acids is 2. The average molecular weight is 409 g/mol. The van der Waals surface area contributed by atoms with Crippen LogP contribution in [0.4, 0.5) is 5.69 Å². The Morgan fingerprint density at radius 1 is 1.17 bits per heavy atom. The lowest BCUT2D eigenvalue weighted by molar-refractivity contribution is -0.121. The van der Waals surface area contributed by atoms with Crippen molar-refractivity contribution in [3.05, 3.63) is 48.3 Å². The number of amides is 2. The highest BCUT2D eigenvalue weighted by Crippen LogP contribution is 2.38. The Morgan fingerprint density at radius 2 is 1.97 bits per heavy atom. The van der Waals surface area contributed by atoms with Gasteiger partial charge in [-0.25, -0.2) is 0 Å². The van der Waals surface area contributed by atoms with Gasteiger partial charge in [-0.1, -0.05) is 12.1 Å². The van der Waals surface area contributed by atoms with Crippen LogP contribution in [0.1, 0.15) is 49.0 Å². The van der Waals surface area contributed by atoms with Crippen LogP contribution in [0.25, 0.3) is 0 Å². The second kappa shape index (κ2) is 8.83. The lowest BCUT2D eigenvalue weighted by atomic mass is 9.75. The normalized spacial score (nSPS) is 23.2. The van der Waals surface area contributed by atoms with Crippen LogP contribution in [0, 0.1) is 5.92 Å². The topological polar surface area (TPSA) is 92.4 Å². The first kappa shape index (κ1) is 20.3. The summed E-state index contributed by atoms with van der Waals surface area (Å²) in [7, 11) is 1.55.